The van der Waals surface area contributed by atoms with Crippen LogP contribution in [0, 0.1) is 5.82 Å². The third kappa shape index (κ3) is 4.45. The maximum atomic E-state index is 13.7. The van der Waals surface area contributed by atoms with E-state index in [0.717, 1.165) is 0 Å². The molecule has 3 aromatic rings. The second-order valence-corrected chi connectivity index (χ2v) is 6.69. The van der Waals surface area contributed by atoms with Crippen molar-refractivity contribution in [2.75, 3.05) is 5.32 Å². The van der Waals surface area contributed by atoms with Crippen LogP contribution in [0.1, 0.15) is 42.8 Å². The monoisotopic (exact) mass is 447 g/mol. The van der Waals surface area contributed by atoms with Gasteiger partial charge in [0.15, 0.2) is 0 Å². The molecule has 1 amide bonds. The Morgan fingerprint density at radius 3 is 2.53 bits per heavy atom. The molecule has 0 bridgehead atoms. The van der Waals surface area contributed by atoms with Crippen molar-refractivity contribution in [3.05, 3.63) is 64.5 Å². The summed E-state index contributed by atoms with van der Waals surface area (Å²) in [6.45, 7) is 1.31. The zero-order chi connectivity index (χ0) is 22.0. The van der Waals surface area contributed by atoms with Gasteiger partial charge in [-0.25, -0.2) is 26.6 Å². The molecule has 3 rings (SSSR count). The summed E-state index contributed by atoms with van der Waals surface area (Å²) in [7, 11) is 0. The maximum absolute atomic E-state index is 13.7. The van der Waals surface area contributed by atoms with Crippen molar-refractivity contribution in [2.24, 2.45) is 0 Å². The zero-order valence-corrected chi connectivity index (χ0v) is 16.1. The van der Waals surface area contributed by atoms with E-state index >= 15 is 0 Å². The van der Waals surface area contributed by atoms with Crippen molar-refractivity contribution in [1.82, 2.24) is 19.6 Å². The van der Waals surface area contributed by atoms with E-state index in [2.05, 4.69) is 15.5 Å². The number of anilines is 1. The Bertz CT molecular complexity index is 1050. The predicted molar refractivity (Wildman–Crippen MR) is 98.2 cm³/mol. The first-order valence-corrected chi connectivity index (χ1v) is 8.97. The quantitative estimate of drug-likeness (QED) is 0.519. The summed E-state index contributed by atoms with van der Waals surface area (Å²) in [6.07, 6.45) is -3.70. The van der Waals surface area contributed by atoms with Crippen molar-refractivity contribution in [3.8, 4) is 0 Å². The van der Waals surface area contributed by atoms with Gasteiger partial charge in [-0.15, -0.1) is 0 Å². The molecule has 160 valence electrons. The highest BCUT2D eigenvalue weighted by Crippen LogP contribution is 2.36. The lowest BCUT2D eigenvalue weighted by Gasteiger charge is -2.15. The lowest BCUT2D eigenvalue weighted by Crippen LogP contribution is -2.26. The molecule has 1 aromatic carbocycles. The van der Waals surface area contributed by atoms with Crippen molar-refractivity contribution < 1.29 is 26.7 Å². The Balaban J connectivity index is 1.76. The number of halogens is 6. The van der Waals surface area contributed by atoms with Crippen LogP contribution in [0.4, 0.5) is 27.6 Å². The number of nitrogens with zero attached hydrogens (tertiary/aromatic N) is 4. The van der Waals surface area contributed by atoms with Gasteiger partial charge in [0, 0.05) is 11.8 Å². The van der Waals surface area contributed by atoms with Gasteiger partial charge >= 0.3 is 0 Å². The van der Waals surface area contributed by atoms with Crippen LogP contribution >= 0.6 is 11.6 Å². The van der Waals surface area contributed by atoms with Crippen molar-refractivity contribution >= 4 is 23.2 Å². The number of carbonyl (C=O) groups excluding carboxylic acids is 1. The molecule has 0 saturated carbocycles. The summed E-state index contributed by atoms with van der Waals surface area (Å²) in [5.41, 5.74) is -1.41. The van der Waals surface area contributed by atoms with Gasteiger partial charge in [-0.2, -0.15) is 10.2 Å². The Morgan fingerprint density at radius 2 is 1.90 bits per heavy atom. The van der Waals surface area contributed by atoms with Gasteiger partial charge in [0.2, 0.25) is 5.91 Å². The minimum atomic E-state index is -3.21. The molecule has 0 spiro atoms. The lowest BCUT2D eigenvalue weighted by atomic mass is 10.2. The number of aromatic nitrogens is 4. The largest absolute Gasteiger partial charge is 0.322 e. The van der Waals surface area contributed by atoms with Crippen molar-refractivity contribution in [2.45, 2.75) is 32.4 Å². The molecule has 0 aliphatic heterocycles. The first kappa shape index (κ1) is 21.8. The molecule has 0 aliphatic rings. The molecule has 12 heteroatoms. The molecular weight excluding hydrogens is 433 g/mol. The first-order chi connectivity index (χ1) is 14.2. The lowest BCUT2D eigenvalue weighted by molar-refractivity contribution is -0.119. The number of hydrogen-bond acceptors (Lipinski definition) is 3. The molecule has 1 atom stereocenters. The number of alkyl halides is 4. The van der Waals surface area contributed by atoms with Gasteiger partial charge in [-0.05, 0) is 13.0 Å². The van der Waals surface area contributed by atoms with Crippen LogP contribution < -0.4 is 5.32 Å². The van der Waals surface area contributed by atoms with Crippen molar-refractivity contribution in [1.29, 1.82) is 0 Å². The standard InChI is InChI=1S/C18H15ClF5N5O/c1-9(29-15(17(23)24)13(19)14(27-29)16(21)22)18(30)26-11-6-25-28(8-11)7-10-4-2-3-5-12(10)20/h2-6,8-9,16-17H,7H2,1H3,(H,26,30). The summed E-state index contributed by atoms with van der Waals surface area (Å²) >= 11 is 5.60. The molecule has 1 unspecified atom stereocenters. The van der Waals surface area contributed by atoms with E-state index in [-0.39, 0.29) is 12.2 Å². The molecule has 6 nitrogen and oxygen atoms in total. The van der Waals surface area contributed by atoms with Gasteiger partial charge in [0.05, 0.1) is 23.5 Å². The Morgan fingerprint density at radius 1 is 1.20 bits per heavy atom. The summed E-state index contributed by atoms with van der Waals surface area (Å²) in [6, 6.07) is 4.71. The smallest absolute Gasteiger partial charge is 0.283 e. The number of carbonyl (C=O) groups is 1. The molecular formula is C18H15ClF5N5O. The number of benzene rings is 1. The number of rotatable bonds is 7. The van der Waals surface area contributed by atoms with E-state index < -0.39 is 47.0 Å². The fourth-order valence-corrected chi connectivity index (χ4v) is 3.04. The highest BCUT2D eigenvalue weighted by molar-refractivity contribution is 6.32. The third-order valence-corrected chi connectivity index (χ3v) is 4.65. The molecule has 0 saturated heterocycles. The van der Waals surface area contributed by atoms with Gasteiger partial charge < -0.3 is 5.32 Å². The second-order valence-electron chi connectivity index (χ2n) is 6.31. The molecule has 30 heavy (non-hydrogen) atoms. The summed E-state index contributed by atoms with van der Waals surface area (Å²) in [4.78, 5) is 12.5. The number of amides is 1. The SMILES string of the molecule is CC(C(=O)Nc1cnn(Cc2ccccc2F)c1)n1nc(C(F)F)c(Cl)c1C(F)F. The molecule has 0 aliphatic carbocycles. The molecule has 2 heterocycles. The van der Waals surface area contributed by atoms with E-state index in [4.69, 9.17) is 11.6 Å². The van der Waals surface area contributed by atoms with Gasteiger partial charge in [0.25, 0.3) is 12.9 Å². The minimum Gasteiger partial charge on any atom is -0.322 e. The van der Waals surface area contributed by atoms with Crippen LogP contribution in [0.3, 0.4) is 0 Å². The normalized spacial score (nSPS) is 12.6. The zero-order valence-electron chi connectivity index (χ0n) is 15.4. The average molecular weight is 448 g/mol. The van der Waals surface area contributed by atoms with Crippen LogP contribution in [-0.2, 0) is 11.3 Å². The van der Waals surface area contributed by atoms with Crippen LogP contribution in [0.25, 0.3) is 0 Å². The van der Waals surface area contributed by atoms with Crippen LogP contribution in [0.5, 0.6) is 0 Å². The molecule has 1 N–H and O–H groups in total. The van der Waals surface area contributed by atoms with Crippen LogP contribution in [0.15, 0.2) is 36.7 Å². The molecule has 0 fully saturated rings. The number of nitrogens with one attached hydrogen (secondary N) is 1. The fourth-order valence-electron chi connectivity index (χ4n) is 2.75. The highest BCUT2D eigenvalue weighted by Gasteiger charge is 2.32. The summed E-state index contributed by atoms with van der Waals surface area (Å²) < 4.78 is 68.1. The van der Waals surface area contributed by atoms with Crippen LogP contribution in [0.2, 0.25) is 5.02 Å². The fraction of sp³-hybridized carbons (Fsp3) is 0.278. The van der Waals surface area contributed by atoms with E-state index in [0.29, 0.717) is 10.2 Å². The summed E-state index contributed by atoms with van der Waals surface area (Å²) in [5.74, 6) is -1.22. The van der Waals surface area contributed by atoms with Gasteiger partial charge in [0.1, 0.15) is 23.2 Å². The van der Waals surface area contributed by atoms with Crippen LogP contribution in [-0.4, -0.2) is 25.5 Å². The van der Waals surface area contributed by atoms with Gasteiger partial charge in [-0.1, -0.05) is 29.8 Å². The van der Waals surface area contributed by atoms with E-state index in [1.807, 2.05) is 0 Å². The topological polar surface area (TPSA) is 64.7 Å². The van der Waals surface area contributed by atoms with E-state index in [9.17, 15) is 26.7 Å². The Labute approximate surface area is 172 Å². The third-order valence-electron chi connectivity index (χ3n) is 4.26. The molecule has 2 aromatic heterocycles. The minimum absolute atomic E-state index is 0.0974. The number of hydrogen-bond donors (Lipinski definition) is 1. The van der Waals surface area contributed by atoms with Gasteiger partial charge in [-0.3, -0.25) is 9.48 Å². The first-order valence-electron chi connectivity index (χ1n) is 8.59. The Kier molecular flexibility index (Phi) is 6.40. The predicted octanol–water partition coefficient (Wildman–Crippen LogP) is 5.00. The summed E-state index contributed by atoms with van der Waals surface area (Å²) in [5, 5.41) is 8.95. The Hall–Kier alpha value is -2.95. The van der Waals surface area contributed by atoms with Crippen molar-refractivity contribution in [3.63, 3.8) is 0 Å². The van der Waals surface area contributed by atoms with E-state index in [1.54, 1.807) is 18.2 Å². The average Bonchev–Trinajstić information content (AvgIpc) is 3.26. The highest BCUT2D eigenvalue weighted by atomic mass is 35.5. The molecule has 0 radical (unpaired) electrons. The second kappa shape index (κ2) is 8.82. The van der Waals surface area contributed by atoms with E-state index in [1.165, 1.54) is 30.1 Å². The maximum Gasteiger partial charge on any atom is 0.283 e.